The third-order valence-electron chi connectivity index (χ3n) is 3.64. The number of benzene rings is 1. The minimum Gasteiger partial charge on any atom is -0.342 e. The molecule has 2 rings (SSSR count). The Balaban J connectivity index is 2.09. The van der Waals surface area contributed by atoms with Gasteiger partial charge in [-0.25, -0.2) is 0 Å². The monoisotopic (exact) mass is 286 g/mol. The fourth-order valence-electron chi connectivity index (χ4n) is 2.48. The van der Waals surface area contributed by atoms with Crippen LogP contribution in [0.25, 0.3) is 0 Å². The Morgan fingerprint density at radius 2 is 2.05 bits per heavy atom. The molecule has 0 aromatic heterocycles. The van der Waals surface area contributed by atoms with Gasteiger partial charge in [0.15, 0.2) is 0 Å². The molecule has 1 atom stereocenters. The van der Waals surface area contributed by atoms with Crippen molar-refractivity contribution in [1.29, 1.82) is 0 Å². The molecule has 3 nitrogen and oxygen atoms in total. The van der Waals surface area contributed by atoms with Crippen LogP contribution < -0.4 is 5.73 Å². The third-order valence-corrected chi connectivity index (χ3v) is 3.64. The number of nitrogens with two attached hydrogens (primary N) is 1. The second kappa shape index (κ2) is 5.83. The molecule has 20 heavy (non-hydrogen) atoms. The van der Waals surface area contributed by atoms with Crippen LogP contribution in [0.2, 0.25) is 0 Å². The summed E-state index contributed by atoms with van der Waals surface area (Å²) in [5.74, 6) is -0.00513. The second-order valence-electron chi connectivity index (χ2n) is 5.06. The molecule has 1 aliphatic heterocycles. The lowest BCUT2D eigenvalue weighted by molar-refractivity contribution is -0.138. The number of rotatable bonds is 3. The first kappa shape index (κ1) is 14.8. The lowest BCUT2D eigenvalue weighted by Crippen LogP contribution is -2.31. The summed E-state index contributed by atoms with van der Waals surface area (Å²) >= 11 is 0. The van der Waals surface area contributed by atoms with Crippen LogP contribution >= 0.6 is 0 Å². The van der Waals surface area contributed by atoms with Gasteiger partial charge in [0.05, 0.1) is 12.0 Å². The van der Waals surface area contributed by atoms with Crippen LogP contribution in [-0.4, -0.2) is 30.4 Å². The Morgan fingerprint density at radius 1 is 1.35 bits per heavy atom. The van der Waals surface area contributed by atoms with Gasteiger partial charge < -0.3 is 10.6 Å². The zero-order valence-corrected chi connectivity index (χ0v) is 11.0. The molecule has 1 aromatic carbocycles. The molecule has 1 aromatic rings. The number of amides is 1. The zero-order chi connectivity index (χ0) is 14.8. The highest BCUT2D eigenvalue weighted by Gasteiger charge is 2.34. The van der Waals surface area contributed by atoms with Crippen molar-refractivity contribution in [2.75, 3.05) is 19.6 Å². The summed E-state index contributed by atoms with van der Waals surface area (Å²) in [5, 5.41) is 0. The summed E-state index contributed by atoms with van der Waals surface area (Å²) in [6.07, 6.45) is -3.82. The maximum Gasteiger partial charge on any atom is 0.416 e. The molecule has 1 heterocycles. The summed E-state index contributed by atoms with van der Waals surface area (Å²) in [7, 11) is 0. The molecule has 0 spiro atoms. The average Bonchev–Trinajstić information content (AvgIpc) is 2.87. The van der Waals surface area contributed by atoms with Crippen LogP contribution in [0.15, 0.2) is 24.3 Å². The van der Waals surface area contributed by atoms with Gasteiger partial charge in [0.1, 0.15) is 0 Å². The van der Waals surface area contributed by atoms with Gasteiger partial charge in [-0.05, 0) is 30.5 Å². The van der Waals surface area contributed by atoms with Crippen molar-refractivity contribution in [1.82, 2.24) is 4.90 Å². The van der Waals surface area contributed by atoms with E-state index in [4.69, 9.17) is 5.73 Å². The lowest BCUT2D eigenvalue weighted by Gasteiger charge is -2.18. The van der Waals surface area contributed by atoms with Crippen LogP contribution in [0.3, 0.4) is 0 Å². The van der Waals surface area contributed by atoms with E-state index in [1.807, 2.05) is 0 Å². The van der Waals surface area contributed by atoms with E-state index in [0.29, 0.717) is 19.6 Å². The van der Waals surface area contributed by atoms with Crippen LogP contribution in [0, 0.1) is 5.92 Å². The van der Waals surface area contributed by atoms with E-state index in [9.17, 15) is 18.0 Å². The minimum absolute atomic E-state index is 0.0289. The van der Waals surface area contributed by atoms with Crippen molar-refractivity contribution in [2.45, 2.75) is 19.0 Å². The number of hydrogen-bond donors (Lipinski definition) is 1. The van der Waals surface area contributed by atoms with Crippen molar-refractivity contribution in [2.24, 2.45) is 11.7 Å². The topological polar surface area (TPSA) is 46.3 Å². The molecule has 1 aliphatic rings. The van der Waals surface area contributed by atoms with Crippen molar-refractivity contribution in [3.05, 3.63) is 35.4 Å². The number of hydrogen-bond acceptors (Lipinski definition) is 2. The number of carbonyl (C=O) groups is 1. The van der Waals surface area contributed by atoms with E-state index < -0.39 is 11.7 Å². The molecular weight excluding hydrogens is 269 g/mol. The zero-order valence-electron chi connectivity index (χ0n) is 11.0. The normalized spacial score (nSPS) is 19.4. The van der Waals surface area contributed by atoms with Gasteiger partial charge >= 0.3 is 6.18 Å². The fourth-order valence-corrected chi connectivity index (χ4v) is 2.48. The maximum absolute atomic E-state index is 12.9. The molecule has 110 valence electrons. The SMILES string of the molecule is NCC1CCN(C(=O)Cc2ccccc2C(F)(F)F)C1. The molecule has 0 aliphatic carbocycles. The van der Waals surface area contributed by atoms with E-state index in [0.717, 1.165) is 12.5 Å². The van der Waals surface area contributed by atoms with Crippen molar-refractivity contribution in [3.8, 4) is 0 Å². The summed E-state index contributed by atoms with van der Waals surface area (Å²) < 4.78 is 38.6. The number of likely N-dealkylation sites (tertiary alicyclic amines) is 1. The van der Waals surface area contributed by atoms with Gasteiger partial charge in [0.2, 0.25) is 5.91 Å². The van der Waals surface area contributed by atoms with E-state index in [-0.39, 0.29) is 23.8 Å². The third kappa shape index (κ3) is 3.30. The first-order valence-corrected chi connectivity index (χ1v) is 6.54. The van der Waals surface area contributed by atoms with Crippen LogP contribution in [-0.2, 0) is 17.4 Å². The lowest BCUT2D eigenvalue weighted by atomic mass is 10.0. The predicted octanol–water partition coefficient (Wildman–Crippen LogP) is 2.06. The Bertz CT molecular complexity index is 488. The maximum atomic E-state index is 12.9. The van der Waals surface area contributed by atoms with Crippen LogP contribution in [0.1, 0.15) is 17.5 Å². The molecule has 1 saturated heterocycles. The number of halogens is 3. The largest absolute Gasteiger partial charge is 0.416 e. The average molecular weight is 286 g/mol. The first-order valence-electron chi connectivity index (χ1n) is 6.54. The summed E-state index contributed by atoms with van der Waals surface area (Å²) in [6, 6.07) is 5.22. The summed E-state index contributed by atoms with van der Waals surface area (Å²) in [6.45, 7) is 1.63. The highest BCUT2D eigenvalue weighted by atomic mass is 19.4. The van der Waals surface area contributed by atoms with Crippen molar-refractivity contribution < 1.29 is 18.0 Å². The molecule has 2 N–H and O–H groups in total. The van der Waals surface area contributed by atoms with E-state index in [1.54, 1.807) is 4.90 Å². The second-order valence-corrected chi connectivity index (χ2v) is 5.06. The molecule has 0 saturated carbocycles. The number of nitrogens with zero attached hydrogens (tertiary/aromatic N) is 1. The molecular formula is C14H17F3N2O. The van der Waals surface area contributed by atoms with E-state index >= 15 is 0 Å². The molecule has 0 radical (unpaired) electrons. The van der Waals surface area contributed by atoms with E-state index in [1.165, 1.54) is 18.2 Å². The smallest absolute Gasteiger partial charge is 0.342 e. The predicted molar refractivity (Wildman–Crippen MR) is 68.9 cm³/mol. The van der Waals surface area contributed by atoms with Gasteiger partial charge in [-0.1, -0.05) is 18.2 Å². The minimum atomic E-state index is -4.43. The Hall–Kier alpha value is -1.56. The van der Waals surface area contributed by atoms with Crippen molar-refractivity contribution in [3.63, 3.8) is 0 Å². The van der Waals surface area contributed by atoms with Gasteiger partial charge in [-0.15, -0.1) is 0 Å². The van der Waals surface area contributed by atoms with Crippen molar-refractivity contribution >= 4 is 5.91 Å². The van der Waals surface area contributed by atoms with E-state index in [2.05, 4.69) is 0 Å². The fraction of sp³-hybridized carbons (Fsp3) is 0.500. The van der Waals surface area contributed by atoms with Gasteiger partial charge in [0, 0.05) is 13.1 Å². The highest BCUT2D eigenvalue weighted by molar-refractivity contribution is 5.79. The van der Waals surface area contributed by atoms with Gasteiger partial charge in [0.25, 0.3) is 0 Å². The Kier molecular flexibility index (Phi) is 4.32. The van der Waals surface area contributed by atoms with Crippen LogP contribution in [0.4, 0.5) is 13.2 Å². The molecule has 1 amide bonds. The van der Waals surface area contributed by atoms with Crippen LogP contribution in [0.5, 0.6) is 0 Å². The highest BCUT2D eigenvalue weighted by Crippen LogP contribution is 2.32. The Labute approximate surface area is 115 Å². The summed E-state index contributed by atoms with van der Waals surface area (Å²) in [4.78, 5) is 13.7. The molecule has 1 unspecified atom stereocenters. The van der Waals surface area contributed by atoms with Gasteiger partial charge in [-0.3, -0.25) is 4.79 Å². The Morgan fingerprint density at radius 3 is 2.65 bits per heavy atom. The standard InChI is InChI=1S/C14H17F3N2O/c15-14(16,17)12-4-2-1-3-11(12)7-13(20)19-6-5-10(8-18)9-19/h1-4,10H,5-9,18H2. The summed E-state index contributed by atoms with van der Waals surface area (Å²) in [5.41, 5.74) is 4.84. The first-order chi connectivity index (χ1) is 9.41. The number of alkyl halides is 3. The number of carbonyl (C=O) groups excluding carboxylic acids is 1. The quantitative estimate of drug-likeness (QED) is 0.924. The molecule has 6 heteroatoms. The molecule has 0 bridgehead atoms. The molecule has 1 fully saturated rings. The van der Waals surface area contributed by atoms with Gasteiger partial charge in [-0.2, -0.15) is 13.2 Å².